The Labute approximate surface area is 183 Å². The topological polar surface area (TPSA) is 148 Å². The van der Waals surface area contributed by atoms with Gasteiger partial charge < -0.3 is 24.5 Å². The van der Waals surface area contributed by atoms with Crippen LogP contribution in [-0.4, -0.2) is 57.6 Å². The predicted molar refractivity (Wildman–Crippen MR) is 116 cm³/mol. The van der Waals surface area contributed by atoms with Crippen molar-refractivity contribution in [2.45, 2.75) is 19.8 Å². The molecule has 1 aromatic carbocycles. The number of piperidine rings is 1. The lowest BCUT2D eigenvalue weighted by Crippen LogP contribution is -2.40. The number of benzene rings is 1. The molecule has 32 heavy (non-hydrogen) atoms. The summed E-state index contributed by atoms with van der Waals surface area (Å²) < 4.78 is 11.0. The maximum Gasteiger partial charge on any atom is 0.395 e. The average Bonchev–Trinajstić information content (AvgIpc) is 2.76. The average molecular weight is 444 g/mol. The van der Waals surface area contributed by atoms with Gasteiger partial charge in [-0.15, -0.1) is 0 Å². The third-order valence-corrected chi connectivity index (χ3v) is 5.19. The van der Waals surface area contributed by atoms with E-state index in [1.54, 1.807) is 29.2 Å². The molecule has 1 aliphatic heterocycles. The van der Waals surface area contributed by atoms with Gasteiger partial charge in [-0.2, -0.15) is 4.98 Å². The van der Waals surface area contributed by atoms with Gasteiger partial charge in [0.1, 0.15) is 5.82 Å². The molecule has 1 saturated heterocycles. The van der Waals surface area contributed by atoms with Gasteiger partial charge in [0.25, 0.3) is 11.8 Å². The van der Waals surface area contributed by atoms with Crippen LogP contribution >= 0.6 is 0 Å². The molecule has 0 unspecified atom stereocenters. The molecule has 11 heteroatoms. The molecule has 1 fully saturated rings. The molecule has 2 aromatic rings. The van der Waals surface area contributed by atoms with Gasteiger partial charge in [-0.05, 0) is 42.5 Å². The summed E-state index contributed by atoms with van der Waals surface area (Å²) in [5, 5.41) is 20.3. The maximum atomic E-state index is 12.4. The highest BCUT2D eigenvalue weighted by atomic mass is 16.6. The Bertz CT molecular complexity index is 1090. The molecule has 0 bridgehead atoms. The van der Waals surface area contributed by atoms with Crippen LogP contribution in [0.5, 0.6) is 17.4 Å². The Morgan fingerprint density at radius 3 is 2.69 bits per heavy atom. The van der Waals surface area contributed by atoms with Gasteiger partial charge in [-0.25, -0.2) is 0 Å². The first-order valence-electron chi connectivity index (χ1n) is 10.0. The molecule has 170 valence electrons. The number of methoxy groups -OCH3 is 1. The number of amides is 1. The van der Waals surface area contributed by atoms with E-state index in [4.69, 9.17) is 9.47 Å². The van der Waals surface area contributed by atoms with Crippen molar-refractivity contribution in [2.75, 3.05) is 26.8 Å². The van der Waals surface area contributed by atoms with Gasteiger partial charge in [0.05, 0.1) is 12.0 Å². The van der Waals surface area contributed by atoms with Crippen molar-refractivity contribution in [1.29, 1.82) is 0 Å². The summed E-state index contributed by atoms with van der Waals surface area (Å²) >= 11 is 0. The quantitative estimate of drug-likeness (QED) is 0.488. The van der Waals surface area contributed by atoms with Gasteiger partial charge in [0.15, 0.2) is 18.1 Å². The molecule has 0 radical (unpaired) electrons. The first-order valence-corrected chi connectivity index (χ1v) is 10.0. The molecule has 2 N–H and O–H groups in total. The Balaban J connectivity index is 1.68. The molecular weight excluding hydrogens is 420 g/mol. The van der Waals surface area contributed by atoms with Crippen LogP contribution in [0.15, 0.2) is 23.0 Å². The summed E-state index contributed by atoms with van der Waals surface area (Å²) in [6, 6.07) is 5.00. The highest BCUT2D eigenvalue weighted by Gasteiger charge is 2.22. The predicted octanol–water partition coefficient (Wildman–Crippen LogP) is 2.20. The van der Waals surface area contributed by atoms with Crippen molar-refractivity contribution >= 4 is 23.7 Å². The molecule has 2 heterocycles. The van der Waals surface area contributed by atoms with E-state index in [1.807, 2.05) is 0 Å². The van der Waals surface area contributed by atoms with Gasteiger partial charge >= 0.3 is 11.2 Å². The van der Waals surface area contributed by atoms with Crippen LogP contribution < -0.4 is 15.0 Å². The largest absolute Gasteiger partial charge is 0.493 e. The molecule has 0 atom stereocenters. The number of rotatable bonds is 7. The zero-order chi connectivity index (χ0) is 23.3. The first-order chi connectivity index (χ1) is 15.3. The zero-order valence-corrected chi connectivity index (χ0v) is 17.7. The molecule has 0 aliphatic carbocycles. The fourth-order valence-electron chi connectivity index (χ4n) is 3.29. The number of aromatic amines is 1. The van der Waals surface area contributed by atoms with E-state index in [0.717, 1.165) is 25.9 Å². The van der Waals surface area contributed by atoms with Crippen molar-refractivity contribution in [3.8, 4) is 17.4 Å². The lowest BCUT2D eigenvalue weighted by atomic mass is 9.99. The highest BCUT2D eigenvalue weighted by Crippen LogP contribution is 2.29. The van der Waals surface area contributed by atoms with Gasteiger partial charge in [-0.1, -0.05) is 19.1 Å². The molecule has 0 spiro atoms. The smallest absolute Gasteiger partial charge is 0.395 e. The second-order valence-corrected chi connectivity index (χ2v) is 7.48. The fourth-order valence-corrected chi connectivity index (χ4v) is 3.29. The number of carbonyl (C=O) groups is 1. The molecule has 0 saturated carbocycles. The molecular formula is C21H24N4O7. The van der Waals surface area contributed by atoms with Crippen LogP contribution in [0, 0.1) is 16.0 Å². The van der Waals surface area contributed by atoms with E-state index in [-0.39, 0.29) is 18.3 Å². The van der Waals surface area contributed by atoms with Crippen LogP contribution in [0.3, 0.4) is 0 Å². The lowest BCUT2D eigenvalue weighted by Gasteiger charge is -2.30. The molecule has 11 nitrogen and oxygen atoms in total. The Kier molecular flexibility index (Phi) is 7.08. The SMILES string of the molecule is COc1cc(/C=C/c2nc(O)c([N+](=O)[O-])c(=O)[nH]2)ccc1OCC(=O)N1CCC(C)CC1. The van der Waals surface area contributed by atoms with Crippen molar-refractivity contribution < 1.29 is 24.3 Å². The second kappa shape index (κ2) is 9.94. The fraction of sp³-hybridized carbons (Fsp3) is 0.381. The van der Waals surface area contributed by atoms with E-state index in [0.29, 0.717) is 23.0 Å². The van der Waals surface area contributed by atoms with E-state index < -0.39 is 22.0 Å². The monoisotopic (exact) mass is 444 g/mol. The van der Waals surface area contributed by atoms with Crippen molar-refractivity contribution in [3.05, 3.63) is 50.1 Å². The number of hydrogen-bond donors (Lipinski definition) is 2. The minimum absolute atomic E-state index is 0.0566. The standard InChI is InChI=1S/C21H24N4O7/c1-13-7-9-24(10-8-13)18(26)12-32-15-5-3-14(11-16(15)31-2)4-6-17-22-20(27)19(25(29)30)21(28)23-17/h3-6,11,13H,7-10,12H2,1-2H3,(H2,22,23,27,28)/b6-4+. The highest BCUT2D eigenvalue weighted by molar-refractivity contribution is 5.78. The van der Waals surface area contributed by atoms with Gasteiger partial charge in [0, 0.05) is 13.1 Å². The number of aromatic nitrogens is 2. The Hall–Kier alpha value is -3.89. The molecule has 1 aromatic heterocycles. The van der Waals surface area contributed by atoms with Crippen molar-refractivity contribution in [3.63, 3.8) is 0 Å². The normalized spacial score (nSPS) is 14.5. The summed E-state index contributed by atoms with van der Waals surface area (Å²) in [6.07, 6.45) is 4.92. The second-order valence-electron chi connectivity index (χ2n) is 7.48. The van der Waals surface area contributed by atoms with E-state index in [9.17, 15) is 24.8 Å². The zero-order valence-electron chi connectivity index (χ0n) is 17.7. The summed E-state index contributed by atoms with van der Waals surface area (Å²) in [5.74, 6) is 0.342. The number of H-pyrrole nitrogens is 1. The van der Waals surface area contributed by atoms with Crippen LogP contribution in [-0.2, 0) is 4.79 Å². The summed E-state index contributed by atoms with van der Waals surface area (Å²) in [6.45, 7) is 3.56. The minimum Gasteiger partial charge on any atom is -0.493 e. The Morgan fingerprint density at radius 1 is 1.34 bits per heavy atom. The third-order valence-electron chi connectivity index (χ3n) is 5.19. The summed E-state index contributed by atoms with van der Waals surface area (Å²) in [7, 11) is 1.47. The van der Waals surface area contributed by atoms with Crippen molar-refractivity contribution in [2.24, 2.45) is 5.92 Å². The number of carbonyl (C=O) groups excluding carboxylic acids is 1. The summed E-state index contributed by atoms with van der Waals surface area (Å²) in [4.78, 5) is 41.5. The van der Waals surface area contributed by atoms with Crippen molar-refractivity contribution in [1.82, 2.24) is 14.9 Å². The van der Waals surface area contributed by atoms with E-state index >= 15 is 0 Å². The third kappa shape index (κ3) is 5.42. The van der Waals surface area contributed by atoms with Crippen LogP contribution in [0.25, 0.3) is 12.2 Å². The van der Waals surface area contributed by atoms with E-state index in [2.05, 4.69) is 16.9 Å². The van der Waals surface area contributed by atoms with Crippen LogP contribution in [0.1, 0.15) is 31.2 Å². The number of likely N-dealkylation sites (tertiary alicyclic amines) is 1. The maximum absolute atomic E-state index is 12.4. The number of nitrogens with zero attached hydrogens (tertiary/aromatic N) is 3. The molecule has 1 aliphatic rings. The summed E-state index contributed by atoms with van der Waals surface area (Å²) in [5.41, 5.74) is -1.43. The van der Waals surface area contributed by atoms with Gasteiger partial charge in [-0.3, -0.25) is 19.7 Å². The van der Waals surface area contributed by atoms with Gasteiger partial charge in [0.2, 0.25) is 0 Å². The molecule has 1 amide bonds. The lowest BCUT2D eigenvalue weighted by molar-refractivity contribution is -0.387. The number of hydrogen-bond acceptors (Lipinski definition) is 8. The first kappa shape index (κ1) is 22.8. The number of nitro groups is 1. The van der Waals surface area contributed by atoms with E-state index in [1.165, 1.54) is 13.2 Å². The molecule has 3 rings (SSSR count). The number of aromatic hydroxyl groups is 1. The number of nitrogens with one attached hydrogen (secondary N) is 1. The Morgan fingerprint density at radius 2 is 2.06 bits per heavy atom. The van der Waals surface area contributed by atoms with Crippen LogP contribution in [0.2, 0.25) is 0 Å². The number of ether oxygens (including phenoxy) is 2. The van der Waals surface area contributed by atoms with Crippen LogP contribution in [0.4, 0.5) is 5.69 Å². The minimum atomic E-state index is -1.06.